The summed E-state index contributed by atoms with van der Waals surface area (Å²) < 4.78 is 61.5. The van der Waals surface area contributed by atoms with Crippen LogP contribution in [0.4, 0.5) is 14.5 Å². The molecule has 0 amide bonds. The van der Waals surface area contributed by atoms with Crippen molar-refractivity contribution in [1.29, 1.82) is 0 Å². The van der Waals surface area contributed by atoms with Crippen molar-refractivity contribution in [3.8, 4) is 11.5 Å². The fourth-order valence-electron chi connectivity index (χ4n) is 2.31. The number of rotatable bonds is 6. The first kappa shape index (κ1) is 17.9. The molecule has 0 saturated heterocycles. The van der Waals surface area contributed by atoms with Gasteiger partial charge in [0.05, 0.1) is 10.6 Å². The highest BCUT2D eigenvalue weighted by molar-refractivity contribution is 7.92. The molecule has 1 aliphatic heterocycles. The van der Waals surface area contributed by atoms with Gasteiger partial charge in [0.15, 0.2) is 11.5 Å². The number of carboxylic acids is 1. The first-order chi connectivity index (χ1) is 12.1. The molecule has 2 aromatic carbocycles. The maximum atomic E-state index is 13.0. The number of halogens is 2. The van der Waals surface area contributed by atoms with Crippen molar-refractivity contribution >= 4 is 21.7 Å². The zero-order chi connectivity index (χ0) is 18.9. The molecule has 0 spiro atoms. The predicted molar refractivity (Wildman–Crippen MR) is 85.9 cm³/mol. The molecule has 7 nitrogen and oxygen atoms in total. The Morgan fingerprint density at radius 3 is 2.38 bits per heavy atom. The molecule has 1 aliphatic rings. The molecule has 138 valence electrons. The summed E-state index contributed by atoms with van der Waals surface area (Å²) in [6, 6.07) is 9.22. The number of anilines is 1. The molecule has 10 heteroatoms. The van der Waals surface area contributed by atoms with Crippen LogP contribution in [0.2, 0.25) is 0 Å². The molecule has 0 aliphatic carbocycles. The number of aryl methyl sites for hydroxylation is 1. The summed E-state index contributed by atoms with van der Waals surface area (Å²) in [4.78, 5) is 10.5. The van der Waals surface area contributed by atoms with Crippen LogP contribution in [-0.2, 0) is 21.2 Å². The van der Waals surface area contributed by atoms with Gasteiger partial charge in [-0.15, -0.1) is 8.78 Å². The molecule has 0 unspecified atom stereocenters. The van der Waals surface area contributed by atoms with E-state index in [1.807, 2.05) is 0 Å². The number of hydrogen-bond acceptors (Lipinski definition) is 5. The number of ether oxygens (including phenoxy) is 2. The Kier molecular flexibility index (Phi) is 4.45. The van der Waals surface area contributed by atoms with Crippen LogP contribution < -0.4 is 14.2 Å². The predicted octanol–water partition coefficient (Wildman–Crippen LogP) is 2.83. The van der Waals surface area contributed by atoms with Gasteiger partial charge in [-0.25, -0.2) is 8.42 Å². The minimum Gasteiger partial charge on any atom is -0.481 e. The van der Waals surface area contributed by atoms with E-state index >= 15 is 0 Å². The number of carboxylic acid groups (broad SMARTS) is 1. The monoisotopic (exact) mass is 385 g/mol. The highest BCUT2D eigenvalue weighted by Crippen LogP contribution is 2.42. The molecule has 26 heavy (non-hydrogen) atoms. The van der Waals surface area contributed by atoms with Crippen LogP contribution in [0.5, 0.6) is 11.5 Å². The fourth-order valence-corrected chi connectivity index (χ4v) is 3.36. The highest BCUT2D eigenvalue weighted by Gasteiger charge is 2.43. The number of hydrogen-bond donors (Lipinski definition) is 2. The van der Waals surface area contributed by atoms with Gasteiger partial charge in [0.2, 0.25) is 0 Å². The zero-order valence-electron chi connectivity index (χ0n) is 13.1. The van der Waals surface area contributed by atoms with Crippen molar-refractivity contribution in [1.82, 2.24) is 0 Å². The van der Waals surface area contributed by atoms with Gasteiger partial charge in [-0.1, -0.05) is 12.1 Å². The second-order valence-corrected chi connectivity index (χ2v) is 7.15. The average Bonchev–Trinajstić information content (AvgIpc) is 2.86. The smallest absolute Gasteiger partial charge is 0.481 e. The van der Waals surface area contributed by atoms with Gasteiger partial charge in [-0.05, 0) is 36.2 Å². The molecule has 2 N–H and O–H groups in total. The van der Waals surface area contributed by atoms with Crippen LogP contribution >= 0.6 is 0 Å². The molecule has 1 heterocycles. The van der Waals surface area contributed by atoms with Crippen molar-refractivity contribution in [3.05, 3.63) is 48.0 Å². The Balaban J connectivity index is 1.74. The quantitative estimate of drug-likeness (QED) is 0.793. The summed E-state index contributed by atoms with van der Waals surface area (Å²) in [5.41, 5.74) is 0.705. The summed E-state index contributed by atoms with van der Waals surface area (Å²) in [5.74, 6) is -1.42. The number of fused-ring (bicyclic) bond motifs is 1. The van der Waals surface area contributed by atoms with Crippen molar-refractivity contribution in [3.63, 3.8) is 0 Å². The average molecular weight is 385 g/mol. The van der Waals surface area contributed by atoms with E-state index in [0.29, 0.717) is 5.56 Å². The molecule has 0 radical (unpaired) electrons. The van der Waals surface area contributed by atoms with Crippen LogP contribution in [0.3, 0.4) is 0 Å². The van der Waals surface area contributed by atoms with E-state index < -0.39 is 22.3 Å². The third-order valence-corrected chi connectivity index (χ3v) is 4.91. The summed E-state index contributed by atoms with van der Waals surface area (Å²) >= 11 is 0. The molecular formula is C16H13F2NO6S. The number of aliphatic carboxylic acids is 1. The van der Waals surface area contributed by atoms with Crippen LogP contribution in [0, 0.1) is 0 Å². The van der Waals surface area contributed by atoms with Gasteiger partial charge < -0.3 is 14.6 Å². The third kappa shape index (κ3) is 4.02. The fraction of sp³-hybridized carbons (Fsp3) is 0.188. The lowest BCUT2D eigenvalue weighted by molar-refractivity contribution is -0.286. The van der Waals surface area contributed by atoms with E-state index in [9.17, 15) is 22.0 Å². The van der Waals surface area contributed by atoms with E-state index in [1.54, 1.807) is 0 Å². The van der Waals surface area contributed by atoms with Gasteiger partial charge in [0.25, 0.3) is 10.0 Å². The molecule has 0 fully saturated rings. The van der Waals surface area contributed by atoms with Crippen molar-refractivity contribution in [2.75, 3.05) is 4.72 Å². The molecule has 2 aromatic rings. The highest BCUT2D eigenvalue weighted by atomic mass is 32.2. The van der Waals surface area contributed by atoms with Gasteiger partial charge in [0, 0.05) is 12.5 Å². The zero-order valence-corrected chi connectivity index (χ0v) is 13.9. The Morgan fingerprint density at radius 2 is 1.73 bits per heavy atom. The maximum Gasteiger partial charge on any atom is 0.586 e. The summed E-state index contributed by atoms with van der Waals surface area (Å²) in [6.07, 6.45) is -3.57. The van der Waals surface area contributed by atoms with Crippen LogP contribution in [0.25, 0.3) is 0 Å². The van der Waals surface area contributed by atoms with Gasteiger partial charge in [0.1, 0.15) is 0 Å². The lowest BCUT2D eigenvalue weighted by Gasteiger charge is -2.09. The Bertz CT molecular complexity index is 944. The number of nitrogens with one attached hydrogen (secondary N) is 1. The second kappa shape index (κ2) is 6.45. The number of alkyl halides is 2. The normalized spacial score (nSPS) is 14.8. The molecule has 3 rings (SSSR count). The third-order valence-electron chi connectivity index (χ3n) is 3.51. The van der Waals surface area contributed by atoms with E-state index in [0.717, 1.165) is 6.07 Å². The first-order valence-electron chi connectivity index (χ1n) is 7.38. The lowest BCUT2D eigenvalue weighted by atomic mass is 10.1. The summed E-state index contributed by atoms with van der Waals surface area (Å²) in [6.45, 7) is 0. The van der Waals surface area contributed by atoms with Crippen molar-refractivity contribution < 1.29 is 36.6 Å². The van der Waals surface area contributed by atoms with Gasteiger partial charge in [-0.2, -0.15) is 0 Å². The molecule has 0 saturated carbocycles. The molecular weight excluding hydrogens is 372 g/mol. The second-order valence-electron chi connectivity index (χ2n) is 5.47. The van der Waals surface area contributed by atoms with Crippen LogP contribution in [0.15, 0.2) is 47.4 Å². The maximum absolute atomic E-state index is 13.0. The van der Waals surface area contributed by atoms with E-state index in [4.69, 9.17) is 5.11 Å². The summed E-state index contributed by atoms with van der Waals surface area (Å²) in [5, 5.41) is 8.65. The molecule has 0 atom stereocenters. The van der Waals surface area contributed by atoms with Gasteiger partial charge >= 0.3 is 12.3 Å². The van der Waals surface area contributed by atoms with Crippen LogP contribution in [-0.4, -0.2) is 25.8 Å². The number of benzene rings is 2. The number of sulfonamides is 1. The van der Waals surface area contributed by atoms with E-state index in [-0.39, 0.29) is 34.9 Å². The van der Waals surface area contributed by atoms with Gasteiger partial charge in [-0.3, -0.25) is 9.52 Å². The largest absolute Gasteiger partial charge is 0.586 e. The Hall–Kier alpha value is -2.88. The van der Waals surface area contributed by atoms with Crippen molar-refractivity contribution in [2.45, 2.75) is 24.0 Å². The minimum absolute atomic E-state index is 0.0278. The molecule has 0 aromatic heterocycles. The van der Waals surface area contributed by atoms with E-state index in [2.05, 4.69) is 14.2 Å². The minimum atomic E-state index is -3.96. The SMILES string of the molecule is O=C(O)CCc1ccc(S(=O)(=O)Nc2ccc3c(c2)OC(F)(F)O3)cc1. The Morgan fingerprint density at radius 1 is 1.08 bits per heavy atom. The Labute approximate surface area is 147 Å². The standard InChI is InChI=1S/C16H13F2NO6S/c17-16(18)24-13-7-4-11(9-14(13)25-16)19-26(22,23)12-5-1-10(2-6-12)3-8-15(20)21/h1-2,4-7,9,19H,3,8H2,(H,20,21). The number of carbonyl (C=O) groups is 1. The summed E-state index contributed by atoms with van der Waals surface area (Å²) in [7, 11) is -3.96. The lowest BCUT2D eigenvalue weighted by Crippen LogP contribution is -2.25. The molecule has 0 bridgehead atoms. The van der Waals surface area contributed by atoms with Crippen LogP contribution in [0.1, 0.15) is 12.0 Å². The van der Waals surface area contributed by atoms with Crippen molar-refractivity contribution in [2.24, 2.45) is 0 Å². The first-order valence-corrected chi connectivity index (χ1v) is 8.86. The van der Waals surface area contributed by atoms with E-state index in [1.165, 1.54) is 36.4 Å². The topological polar surface area (TPSA) is 102 Å².